The summed E-state index contributed by atoms with van der Waals surface area (Å²) in [4.78, 5) is 20.9. The molecule has 6 rings (SSSR count). The zero-order valence-electron chi connectivity index (χ0n) is 25.0. The van der Waals surface area contributed by atoms with Gasteiger partial charge in [0.15, 0.2) is 24.3 Å². The van der Waals surface area contributed by atoms with Gasteiger partial charge in [-0.1, -0.05) is 0 Å². The Labute approximate surface area is 271 Å². The van der Waals surface area contributed by atoms with E-state index in [-0.39, 0.29) is 21.2 Å². The van der Waals surface area contributed by atoms with Gasteiger partial charge >= 0.3 is 23.3 Å². The molecule has 0 unspecified atom stereocenters. The molecule has 0 aliphatic carbocycles. The van der Waals surface area contributed by atoms with Crippen LogP contribution in [0.25, 0.3) is 0 Å². The number of nitrogens with zero attached hydrogens (tertiary/aromatic N) is 8. The van der Waals surface area contributed by atoms with Crippen molar-refractivity contribution in [2.24, 2.45) is 0 Å². The third kappa shape index (κ3) is 6.96. The number of hydrogen-bond acceptors (Lipinski definition) is 8. The zero-order chi connectivity index (χ0) is 35.2. The normalized spacial score (nSPS) is 18.9. The predicted octanol–water partition coefficient (Wildman–Crippen LogP) is 5.05. The Bertz CT molecular complexity index is 1690. The van der Waals surface area contributed by atoms with Crippen LogP contribution in [0.5, 0.6) is 0 Å². The fourth-order valence-corrected chi connectivity index (χ4v) is 5.98. The van der Waals surface area contributed by atoms with Crippen LogP contribution in [0, 0.1) is 101 Å². The minimum atomic E-state index is -2.03. The van der Waals surface area contributed by atoms with Crippen molar-refractivity contribution in [3.8, 4) is 24.3 Å². The number of nitro groups is 2. The van der Waals surface area contributed by atoms with Gasteiger partial charge in [0.05, 0.1) is 9.85 Å². The minimum absolute atomic E-state index is 0.139. The molecular formula is C32H24F4N8O4+4. The minimum Gasteiger partial charge on any atom is -0.306 e. The number of halogens is 4. The molecule has 12 nitrogen and oxygen atoms in total. The molecule has 0 saturated carbocycles. The monoisotopic (exact) mass is 660 g/mol. The van der Waals surface area contributed by atoms with E-state index in [1.54, 1.807) is 24.3 Å². The molecule has 0 radical (unpaired) electrons. The van der Waals surface area contributed by atoms with Gasteiger partial charge in [-0.25, -0.2) is 0 Å². The van der Waals surface area contributed by atoms with Crippen molar-refractivity contribution in [2.75, 3.05) is 39.3 Å². The highest BCUT2D eigenvalue weighted by Gasteiger charge is 2.50. The lowest BCUT2D eigenvalue weighted by molar-refractivity contribution is -1.09. The van der Waals surface area contributed by atoms with E-state index in [9.17, 15) is 37.8 Å². The second-order valence-electron chi connectivity index (χ2n) is 11.4. The van der Waals surface area contributed by atoms with E-state index in [0.717, 1.165) is 96.7 Å². The molecular weight excluding hydrogens is 636 g/mol. The third-order valence-corrected chi connectivity index (χ3v) is 8.69. The SMILES string of the molecule is N#C[C+](C#N)c1c(F)c(F)c([C+](C#N)C#N)c(F)c1F.O=[N+]([O-])c1ccc(C[N+]23CC[N+](Cc4ccc([N+](=O)[O-])cc4)(CC2)CC3)cc1. The maximum absolute atomic E-state index is 13.6. The molecule has 3 saturated heterocycles. The molecule has 240 valence electrons. The Hall–Kier alpha value is -6.20. The van der Waals surface area contributed by atoms with Crippen molar-refractivity contribution in [1.82, 2.24) is 0 Å². The summed E-state index contributed by atoms with van der Waals surface area (Å²) in [7, 11) is 0. The largest absolute Gasteiger partial charge is 0.338 e. The first-order chi connectivity index (χ1) is 22.8. The lowest BCUT2D eigenvalue weighted by atomic mass is 9.93. The first-order valence-electron chi connectivity index (χ1n) is 14.2. The van der Waals surface area contributed by atoms with Crippen molar-refractivity contribution in [3.63, 3.8) is 0 Å². The maximum Gasteiger partial charge on any atom is 0.338 e. The van der Waals surface area contributed by atoms with Crippen LogP contribution < -0.4 is 0 Å². The first kappa shape index (κ1) is 34.7. The second-order valence-corrected chi connectivity index (χ2v) is 11.4. The highest BCUT2D eigenvalue weighted by molar-refractivity contribution is 5.56. The first-order valence-corrected chi connectivity index (χ1v) is 14.2. The number of quaternary nitrogens is 2. The summed E-state index contributed by atoms with van der Waals surface area (Å²) in [5.74, 6) is -10.5. The number of hydrogen-bond donors (Lipinski definition) is 0. The molecule has 3 fully saturated rings. The number of non-ortho nitro benzene ring substituents is 2. The van der Waals surface area contributed by atoms with Crippen molar-refractivity contribution < 1.29 is 36.4 Å². The fourth-order valence-electron chi connectivity index (χ4n) is 5.98. The summed E-state index contributed by atoms with van der Waals surface area (Å²) in [6.45, 7) is 8.46. The molecule has 0 spiro atoms. The molecule has 0 amide bonds. The number of fused-ring (bicyclic) bond motifs is 3. The summed E-state index contributed by atoms with van der Waals surface area (Å²) < 4.78 is 56.6. The van der Waals surface area contributed by atoms with Crippen LogP contribution in [0.3, 0.4) is 0 Å². The van der Waals surface area contributed by atoms with Gasteiger partial charge in [-0.2, -0.15) is 21.0 Å². The van der Waals surface area contributed by atoms with Gasteiger partial charge in [0, 0.05) is 35.4 Å². The molecule has 0 N–H and O–H groups in total. The molecule has 2 bridgehead atoms. The molecule has 3 aliphatic rings. The van der Waals surface area contributed by atoms with Crippen molar-refractivity contribution in [2.45, 2.75) is 13.1 Å². The van der Waals surface area contributed by atoms with Crippen molar-refractivity contribution in [1.29, 1.82) is 21.0 Å². The van der Waals surface area contributed by atoms with Gasteiger partial charge in [-0.05, 0) is 24.3 Å². The summed E-state index contributed by atoms with van der Waals surface area (Å²) in [5, 5.41) is 55.6. The van der Waals surface area contributed by atoms with Gasteiger partial charge in [-0.15, -0.1) is 17.6 Å². The van der Waals surface area contributed by atoms with Crippen LogP contribution in [0.2, 0.25) is 0 Å². The topological polar surface area (TPSA) is 181 Å². The second kappa shape index (κ2) is 14.1. The van der Waals surface area contributed by atoms with E-state index < -0.39 is 46.2 Å². The van der Waals surface area contributed by atoms with Crippen LogP contribution in [0.4, 0.5) is 28.9 Å². The Morgan fingerprint density at radius 3 is 1.02 bits per heavy atom. The molecule has 3 aromatic rings. The number of rotatable bonds is 8. The van der Waals surface area contributed by atoms with E-state index in [1.165, 1.54) is 0 Å². The Balaban J connectivity index is 0.000000231. The average Bonchev–Trinajstić information content (AvgIpc) is 3.09. The van der Waals surface area contributed by atoms with Gasteiger partial charge in [-0.3, -0.25) is 20.2 Å². The zero-order valence-corrected chi connectivity index (χ0v) is 25.0. The van der Waals surface area contributed by atoms with Crippen molar-refractivity contribution in [3.05, 3.63) is 126 Å². The Morgan fingerprint density at radius 2 is 0.812 bits per heavy atom. The number of nitro benzene ring substituents is 2. The highest BCUT2D eigenvalue weighted by atomic mass is 19.2. The summed E-state index contributed by atoms with van der Waals surface area (Å²) >= 11 is 0. The summed E-state index contributed by atoms with van der Waals surface area (Å²) in [6, 6.07) is 18.2. The van der Waals surface area contributed by atoms with E-state index >= 15 is 0 Å². The maximum atomic E-state index is 13.6. The number of benzene rings is 3. The Kier molecular flexibility index (Phi) is 10.2. The van der Waals surface area contributed by atoms with Crippen LogP contribution in [0.15, 0.2) is 48.5 Å². The molecule has 0 atom stereocenters. The van der Waals surface area contributed by atoms with Gasteiger partial charge < -0.3 is 8.97 Å². The van der Waals surface area contributed by atoms with Gasteiger partial charge in [0.1, 0.15) is 52.4 Å². The number of nitriles is 4. The molecule has 3 aromatic carbocycles. The van der Waals surface area contributed by atoms with Gasteiger partial charge in [0.25, 0.3) is 34.3 Å². The smallest absolute Gasteiger partial charge is 0.306 e. The molecule has 16 heteroatoms. The van der Waals surface area contributed by atoms with Crippen LogP contribution in [-0.4, -0.2) is 58.1 Å². The number of piperazine rings is 3. The van der Waals surface area contributed by atoms with Crippen LogP contribution in [-0.2, 0) is 13.1 Å². The van der Waals surface area contributed by atoms with Gasteiger partial charge in [0.2, 0.25) is 0 Å². The predicted molar refractivity (Wildman–Crippen MR) is 157 cm³/mol. The van der Waals surface area contributed by atoms with E-state index in [2.05, 4.69) is 0 Å². The van der Waals surface area contributed by atoms with E-state index in [1.807, 2.05) is 24.3 Å². The lowest BCUT2D eigenvalue weighted by Crippen LogP contribution is -2.74. The van der Waals surface area contributed by atoms with Crippen LogP contribution >= 0.6 is 0 Å². The summed E-state index contributed by atoms with van der Waals surface area (Å²) in [5.41, 5.74) is -0.377. The fraction of sp³-hybridized carbons (Fsp3) is 0.250. The molecule has 0 aromatic heterocycles. The highest BCUT2D eigenvalue weighted by Crippen LogP contribution is 2.33. The van der Waals surface area contributed by atoms with Crippen molar-refractivity contribution >= 4 is 11.4 Å². The average molecular weight is 661 g/mol. The standard InChI is InChI=1S/C20H24N4O4.C12F4N4/c25-21(26)19-5-1-17(2-6-19)15-23-9-12-24(13-10-23,14-11-23)16-18-3-7-20(8-4-18)22(27)28;13-9-7(5(1-17)2-18)10(14)12(16)8(11(9)15)6(3-19)4-20/h1-8H,9-16H2;/q2*+2. The lowest BCUT2D eigenvalue weighted by Gasteiger charge is -2.55. The molecule has 3 aliphatic heterocycles. The molecule has 3 heterocycles. The molecule has 48 heavy (non-hydrogen) atoms. The van der Waals surface area contributed by atoms with Crippen LogP contribution in [0.1, 0.15) is 22.3 Å². The quantitative estimate of drug-likeness (QED) is 0.0804. The van der Waals surface area contributed by atoms with E-state index in [4.69, 9.17) is 21.0 Å². The summed E-state index contributed by atoms with van der Waals surface area (Å²) in [6.07, 6.45) is 0. The Morgan fingerprint density at radius 1 is 0.562 bits per heavy atom. The van der Waals surface area contributed by atoms with E-state index in [0.29, 0.717) is 0 Å². The third-order valence-electron chi connectivity index (χ3n) is 8.69.